The Labute approximate surface area is 141 Å². The van der Waals surface area contributed by atoms with Crippen LogP contribution in [-0.2, 0) is 34.8 Å². The number of hydrogen-bond donors (Lipinski definition) is 0. The maximum Gasteiger partial charge on any atom is 0.354 e. The smallest absolute Gasteiger partial charge is 0.354 e. The predicted octanol–water partition coefficient (Wildman–Crippen LogP) is 1.87. The third kappa shape index (κ3) is 2.63. The Morgan fingerprint density at radius 3 is 2.54 bits per heavy atom. The molecule has 1 aromatic carbocycles. The van der Waals surface area contributed by atoms with Gasteiger partial charge < -0.3 is 9.30 Å². The van der Waals surface area contributed by atoms with Crippen molar-refractivity contribution in [3.8, 4) is 0 Å². The lowest BCUT2D eigenvalue weighted by atomic mass is 10.0. The Morgan fingerprint density at radius 2 is 1.88 bits per heavy atom. The Kier molecular flexibility index (Phi) is 4.23. The van der Waals surface area contributed by atoms with Gasteiger partial charge in [-0.25, -0.2) is 13.2 Å². The Balaban J connectivity index is 1.99. The predicted molar refractivity (Wildman–Crippen MR) is 89.2 cm³/mol. The molecular weight excluding hydrogens is 328 g/mol. The van der Waals surface area contributed by atoms with Gasteiger partial charge >= 0.3 is 5.97 Å². The van der Waals surface area contributed by atoms with Crippen LogP contribution in [0.1, 0.15) is 27.3 Å². The largest absolute Gasteiger partial charge is 0.464 e. The van der Waals surface area contributed by atoms with E-state index in [0.717, 1.165) is 5.56 Å². The summed E-state index contributed by atoms with van der Waals surface area (Å²) in [5.74, 6) is -0.550. The minimum atomic E-state index is -3.67. The SMILES string of the molecule is COC(=O)c1cc(S(=O)(=O)N2CCc3ccccc3C2)c(C)n1C. The summed E-state index contributed by atoms with van der Waals surface area (Å²) in [5.41, 5.74) is 2.96. The van der Waals surface area contributed by atoms with Crippen LogP contribution in [0.3, 0.4) is 0 Å². The van der Waals surface area contributed by atoms with Crippen molar-refractivity contribution in [1.29, 1.82) is 0 Å². The number of ether oxygens (including phenoxy) is 1. The number of esters is 1. The van der Waals surface area contributed by atoms with Gasteiger partial charge in [-0.3, -0.25) is 0 Å². The van der Waals surface area contributed by atoms with E-state index in [9.17, 15) is 13.2 Å². The number of rotatable bonds is 3. The van der Waals surface area contributed by atoms with Crippen molar-refractivity contribution in [2.75, 3.05) is 13.7 Å². The van der Waals surface area contributed by atoms with E-state index in [2.05, 4.69) is 0 Å². The Hall–Kier alpha value is -2.12. The maximum atomic E-state index is 13.1. The molecule has 2 aromatic rings. The monoisotopic (exact) mass is 348 g/mol. The van der Waals surface area contributed by atoms with Crippen LogP contribution in [0.25, 0.3) is 0 Å². The van der Waals surface area contributed by atoms with E-state index >= 15 is 0 Å². The van der Waals surface area contributed by atoms with E-state index in [1.54, 1.807) is 18.5 Å². The topological polar surface area (TPSA) is 68.6 Å². The quantitative estimate of drug-likeness (QED) is 0.794. The second-order valence-electron chi connectivity index (χ2n) is 5.89. The summed E-state index contributed by atoms with van der Waals surface area (Å²) in [4.78, 5) is 12.0. The van der Waals surface area contributed by atoms with E-state index in [1.807, 2.05) is 24.3 Å². The van der Waals surface area contributed by atoms with E-state index < -0.39 is 16.0 Å². The molecule has 7 heteroatoms. The van der Waals surface area contributed by atoms with Crippen molar-refractivity contribution < 1.29 is 17.9 Å². The molecule has 3 rings (SSSR count). The Morgan fingerprint density at radius 1 is 1.21 bits per heavy atom. The summed E-state index contributed by atoms with van der Waals surface area (Å²) in [7, 11) is -0.737. The Bertz CT molecular complexity index is 899. The molecule has 0 saturated carbocycles. The number of sulfonamides is 1. The fraction of sp³-hybridized carbons (Fsp3) is 0.353. The van der Waals surface area contributed by atoms with E-state index in [-0.39, 0.29) is 10.6 Å². The van der Waals surface area contributed by atoms with Gasteiger partial charge in [0.15, 0.2) is 0 Å². The number of nitrogens with zero attached hydrogens (tertiary/aromatic N) is 2. The first-order chi connectivity index (χ1) is 11.4. The molecule has 0 unspecified atom stereocenters. The summed E-state index contributed by atoms with van der Waals surface area (Å²) in [6, 6.07) is 9.26. The third-order valence-corrected chi connectivity index (χ3v) is 6.56. The maximum absolute atomic E-state index is 13.1. The second-order valence-corrected chi connectivity index (χ2v) is 7.79. The molecule has 0 aliphatic carbocycles. The van der Waals surface area contributed by atoms with E-state index in [1.165, 1.54) is 23.0 Å². The van der Waals surface area contributed by atoms with E-state index in [0.29, 0.717) is 25.2 Å². The molecule has 1 aromatic heterocycles. The van der Waals surface area contributed by atoms with Crippen molar-refractivity contribution in [1.82, 2.24) is 8.87 Å². The third-order valence-electron chi connectivity index (χ3n) is 4.60. The lowest BCUT2D eigenvalue weighted by Gasteiger charge is -2.28. The molecule has 0 bridgehead atoms. The van der Waals surface area contributed by atoms with Crippen molar-refractivity contribution in [3.63, 3.8) is 0 Å². The van der Waals surface area contributed by atoms with Crippen LogP contribution in [0, 0.1) is 6.92 Å². The summed E-state index contributed by atoms with van der Waals surface area (Å²) >= 11 is 0. The van der Waals surface area contributed by atoms with Crippen LogP contribution < -0.4 is 0 Å². The summed E-state index contributed by atoms with van der Waals surface area (Å²) < 4.78 is 33.9. The zero-order valence-corrected chi connectivity index (χ0v) is 14.8. The zero-order valence-electron chi connectivity index (χ0n) is 13.9. The van der Waals surface area contributed by atoms with Crippen LogP contribution in [0.2, 0.25) is 0 Å². The highest BCUT2D eigenvalue weighted by molar-refractivity contribution is 7.89. The number of aromatic nitrogens is 1. The number of hydrogen-bond acceptors (Lipinski definition) is 4. The molecule has 24 heavy (non-hydrogen) atoms. The van der Waals surface area contributed by atoms with Gasteiger partial charge in [0.1, 0.15) is 10.6 Å². The molecule has 1 aliphatic rings. The van der Waals surface area contributed by atoms with Crippen LogP contribution >= 0.6 is 0 Å². The minimum absolute atomic E-state index is 0.157. The molecular formula is C17H20N2O4S. The highest BCUT2D eigenvalue weighted by atomic mass is 32.2. The first-order valence-corrected chi connectivity index (χ1v) is 9.12. The summed E-state index contributed by atoms with van der Waals surface area (Å²) in [6.07, 6.45) is 0.686. The average molecular weight is 348 g/mol. The molecule has 0 amide bonds. The minimum Gasteiger partial charge on any atom is -0.464 e. The van der Waals surface area contributed by atoms with E-state index in [4.69, 9.17) is 4.74 Å². The number of carbonyl (C=O) groups excluding carboxylic acids is 1. The molecule has 1 aliphatic heterocycles. The van der Waals surface area contributed by atoms with Gasteiger partial charge in [0.2, 0.25) is 10.0 Å². The number of fused-ring (bicyclic) bond motifs is 1. The van der Waals surface area contributed by atoms with Crippen molar-refractivity contribution >= 4 is 16.0 Å². The van der Waals surface area contributed by atoms with Gasteiger partial charge in [0, 0.05) is 25.8 Å². The molecule has 0 fully saturated rings. The van der Waals surface area contributed by atoms with Gasteiger partial charge in [-0.15, -0.1) is 0 Å². The lowest BCUT2D eigenvalue weighted by molar-refractivity contribution is 0.0589. The van der Waals surface area contributed by atoms with Crippen LogP contribution in [0.4, 0.5) is 0 Å². The van der Waals surface area contributed by atoms with Crippen molar-refractivity contribution in [2.24, 2.45) is 7.05 Å². The molecule has 0 saturated heterocycles. The van der Waals surface area contributed by atoms with Crippen LogP contribution in [0.15, 0.2) is 35.2 Å². The average Bonchev–Trinajstić information content (AvgIpc) is 2.90. The lowest BCUT2D eigenvalue weighted by Crippen LogP contribution is -2.36. The molecule has 2 heterocycles. The highest BCUT2D eigenvalue weighted by Gasteiger charge is 2.32. The first kappa shape index (κ1) is 16.7. The van der Waals surface area contributed by atoms with Gasteiger partial charge in [-0.1, -0.05) is 24.3 Å². The fourth-order valence-electron chi connectivity index (χ4n) is 3.05. The summed E-state index contributed by atoms with van der Waals surface area (Å²) in [6.45, 7) is 2.47. The molecule has 6 nitrogen and oxygen atoms in total. The molecule has 0 radical (unpaired) electrons. The zero-order chi connectivity index (χ0) is 17.5. The van der Waals surface area contributed by atoms with Gasteiger partial charge in [-0.05, 0) is 30.5 Å². The normalized spacial score (nSPS) is 15.1. The second kappa shape index (κ2) is 6.07. The molecule has 0 atom stereocenters. The van der Waals surface area contributed by atoms with Gasteiger partial charge in [0.25, 0.3) is 0 Å². The first-order valence-electron chi connectivity index (χ1n) is 7.68. The highest BCUT2D eigenvalue weighted by Crippen LogP contribution is 2.28. The standard InChI is InChI=1S/C17H20N2O4S/c1-12-16(10-15(18(12)2)17(20)23-3)24(21,22)19-9-8-13-6-4-5-7-14(13)11-19/h4-7,10H,8-9,11H2,1-3H3. The van der Waals surface area contributed by atoms with Crippen LogP contribution in [-0.4, -0.2) is 36.9 Å². The molecule has 0 N–H and O–H groups in total. The summed E-state index contributed by atoms with van der Waals surface area (Å²) in [5, 5.41) is 0. The molecule has 128 valence electrons. The van der Waals surface area contributed by atoms with Crippen LogP contribution in [0.5, 0.6) is 0 Å². The number of carbonyl (C=O) groups is 1. The van der Waals surface area contributed by atoms with Gasteiger partial charge in [0.05, 0.1) is 7.11 Å². The number of methoxy groups -OCH3 is 1. The van der Waals surface area contributed by atoms with Crippen molar-refractivity contribution in [2.45, 2.75) is 24.8 Å². The number of benzene rings is 1. The molecule has 0 spiro atoms. The van der Waals surface area contributed by atoms with Gasteiger partial charge in [-0.2, -0.15) is 4.31 Å². The van der Waals surface area contributed by atoms with Crippen molar-refractivity contribution in [3.05, 3.63) is 52.8 Å². The fourth-order valence-corrected chi connectivity index (χ4v) is 4.74.